The number of aromatic amines is 1. The maximum Gasteiger partial charge on any atom is 0.449 e. The van der Waals surface area contributed by atoms with Crippen molar-refractivity contribution in [1.82, 2.24) is 15.3 Å². The number of alkyl halides is 3. The Balaban J connectivity index is 1.65. The summed E-state index contributed by atoms with van der Waals surface area (Å²) in [6, 6.07) is 12.6. The lowest BCUT2D eigenvalue weighted by atomic mass is 10.2. The van der Waals surface area contributed by atoms with E-state index in [0.717, 1.165) is 0 Å². The summed E-state index contributed by atoms with van der Waals surface area (Å²) >= 11 is 0. The number of hydrogen-bond donors (Lipinski definition) is 3. The van der Waals surface area contributed by atoms with Crippen molar-refractivity contribution in [1.29, 1.82) is 0 Å². The summed E-state index contributed by atoms with van der Waals surface area (Å²) in [5, 5.41) is 5.02. The summed E-state index contributed by atoms with van der Waals surface area (Å²) in [7, 11) is 0. The number of nitrogens with one attached hydrogen (secondary N) is 3. The molecule has 3 N–H and O–H groups in total. The molecule has 26 heavy (non-hydrogen) atoms. The number of nitrogens with zero attached hydrogens (tertiary/aromatic N) is 1. The van der Waals surface area contributed by atoms with Crippen LogP contribution in [0, 0.1) is 0 Å². The zero-order chi connectivity index (χ0) is 18.7. The fourth-order valence-corrected chi connectivity index (χ4v) is 2.27. The molecule has 0 bridgehead atoms. The van der Waals surface area contributed by atoms with E-state index in [4.69, 9.17) is 0 Å². The van der Waals surface area contributed by atoms with Gasteiger partial charge in [-0.15, -0.1) is 0 Å². The lowest BCUT2D eigenvalue weighted by Crippen LogP contribution is -2.32. The fourth-order valence-electron chi connectivity index (χ4n) is 2.27. The van der Waals surface area contributed by atoms with Gasteiger partial charge in [0.05, 0.1) is 17.6 Å². The standard InChI is InChI=1S/C17H13F3N4O2/c18-17(19,20)16-23-12-7-6-10(8-13(12)24-16)15(26)21-9-14(25)22-11-4-2-1-3-5-11/h1-8H,9H2,(H,21,26)(H,22,25)(H,23,24). The van der Waals surface area contributed by atoms with Gasteiger partial charge in [-0.3, -0.25) is 9.59 Å². The summed E-state index contributed by atoms with van der Waals surface area (Å²) in [5.74, 6) is -2.14. The molecule has 0 aliphatic carbocycles. The molecule has 0 saturated heterocycles. The minimum absolute atomic E-state index is 0.0821. The summed E-state index contributed by atoms with van der Waals surface area (Å²) < 4.78 is 38.0. The van der Waals surface area contributed by atoms with Gasteiger partial charge in [-0.25, -0.2) is 4.98 Å². The predicted molar refractivity (Wildman–Crippen MR) is 88.5 cm³/mol. The zero-order valence-corrected chi connectivity index (χ0v) is 13.2. The molecule has 0 unspecified atom stereocenters. The van der Waals surface area contributed by atoms with Crippen LogP contribution < -0.4 is 10.6 Å². The minimum atomic E-state index is -4.60. The highest BCUT2D eigenvalue weighted by atomic mass is 19.4. The molecular weight excluding hydrogens is 349 g/mol. The summed E-state index contributed by atoms with van der Waals surface area (Å²) in [6.45, 7) is -0.275. The van der Waals surface area contributed by atoms with E-state index in [0.29, 0.717) is 5.69 Å². The van der Waals surface area contributed by atoms with Crippen LogP contribution in [0.25, 0.3) is 11.0 Å². The van der Waals surface area contributed by atoms with Gasteiger partial charge < -0.3 is 15.6 Å². The Morgan fingerprint density at radius 3 is 2.50 bits per heavy atom. The summed E-state index contributed by atoms with van der Waals surface area (Å²) in [6.07, 6.45) is -4.60. The molecule has 1 aromatic heterocycles. The predicted octanol–water partition coefficient (Wildman–Crippen LogP) is 2.95. The number of amides is 2. The highest BCUT2D eigenvalue weighted by Gasteiger charge is 2.34. The average Bonchev–Trinajstić information content (AvgIpc) is 3.04. The number of hydrogen-bond acceptors (Lipinski definition) is 3. The Morgan fingerprint density at radius 2 is 1.81 bits per heavy atom. The Hall–Kier alpha value is -3.36. The normalized spacial score (nSPS) is 11.3. The Kier molecular flexibility index (Phi) is 4.61. The molecule has 0 atom stereocenters. The Morgan fingerprint density at radius 1 is 1.08 bits per heavy atom. The van der Waals surface area contributed by atoms with E-state index < -0.39 is 23.8 Å². The third-order valence-corrected chi connectivity index (χ3v) is 3.48. The lowest BCUT2D eigenvalue weighted by molar-refractivity contribution is -0.144. The quantitative estimate of drug-likeness (QED) is 0.667. The number of carbonyl (C=O) groups excluding carboxylic acids is 2. The molecule has 1 heterocycles. The molecule has 0 saturated carbocycles. The molecule has 2 amide bonds. The highest BCUT2D eigenvalue weighted by molar-refractivity contribution is 6.00. The van der Waals surface area contributed by atoms with Crippen molar-refractivity contribution in [3.05, 3.63) is 59.9 Å². The molecule has 0 radical (unpaired) electrons. The lowest BCUT2D eigenvalue weighted by Gasteiger charge is -2.07. The molecule has 0 spiro atoms. The van der Waals surface area contributed by atoms with Crippen LogP contribution in [0.2, 0.25) is 0 Å². The van der Waals surface area contributed by atoms with Crippen molar-refractivity contribution in [3.8, 4) is 0 Å². The van der Waals surface area contributed by atoms with E-state index >= 15 is 0 Å². The second kappa shape index (κ2) is 6.87. The number of benzene rings is 2. The Bertz CT molecular complexity index is 952. The highest BCUT2D eigenvalue weighted by Crippen LogP contribution is 2.28. The van der Waals surface area contributed by atoms with Gasteiger partial charge in [-0.05, 0) is 30.3 Å². The minimum Gasteiger partial charge on any atom is -0.343 e. The van der Waals surface area contributed by atoms with Crippen LogP contribution in [0.1, 0.15) is 16.2 Å². The molecular formula is C17H13F3N4O2. The van der Waals surface area contributed by atoms with E-state index in [1.165, 1.54) is 18.2 Å². The van der Waals surface area contributed by atoms with E-state index in [1.807, 2.05) is 0 Å². The SMILES string of the molecule is O=C(CNC(=O)c1ccc2nc(C(F)(F)F)[nH]c2c1)Nc1ccccc1. The summed E-state index contributed by atoms with van der Waals surface area (Å²) in [5.41, 5.74) is 0.877. The van der Waals surface area contributed by atoms with Gasteiger partial charge in [0.25, 0.3) is 5.91 Å². The molecule has 0 aliphatic heterocycles. The monoisotopic (exact) mass is 362 g/mol. The molecule has 0 fully saturated rings. The van der Waals surface area contributed by atoms with Crippen molar-refractivity contribution in [2.75, 3.05) is 11.9 Å². The second-order valence-electron chi connectivity index (χ2n) is 5.41. The largest absolute Gasteiger partial charge is 0.449 e. The van der Waals surface area contributed by atoms with Crippen LogP contribution in [0.4, 0.5) is 18.9 Å². The van der Waals surface area contributed by atoms with E-state index in [1.54, 1.807) is 30.3 Å². The Labute approximate surface area is 145 Å². The fraction of sp³-hybridized carbons (Fsp3) is 0.118. The first-order valence-electron chi connectivity index (χ1n) is 7.53. The van der Waals surface area contributed by atoms with Crippen molar-refractivity contribution < 1.29 is 22.8 Å². The topological polar surface area (TPSA) is 86.9 Å². The van der Waals surface area contributed by atoms with Crippen molar-refractivity contribution in [2.24, 2.45) is 0 Å². The number of aromatic nitrogens is 2. The van der Waals surface area contributed by atoms with Crippen LogP contribution in [-0.2, 0) is 11.0 Å². The third kappa shape index (κ3) is 4.00. The molecule has 3 rings (SSSR count). The first-order chi connectivity index (χ1) is 12.3. The maximum atomic E-state index is 12.7. The molecule has 134 valence electrons. The van der Waals surface area contributed by atoms with Crippen LogP contribution >= 0.6 is 0 Å². The zero-order valence-electron chi connectivity index (χ0n) is 13.2. The molecule has 9 heteroatoms. The van der Waals surface area contributed by atoms with Crippen molar-refractivity contribution in [2.45, 2.75) is 6.18 Å². The van der Waals surface area contributed by atoms with Gasteiger partial charge in [-0.1, -0.05) is 18.2 Å². The van der Waals surface area contributed by atoms with E-state index in [-0.39, 0.29) is 23.1 Å². The second-order valence-corrected chi connectivity index (χ2v) is 5.41. The first kappa shape index (κ1) is 17.5. The van der Waals surface area contributed by atoms with E-state index in [2.05, 4.69) is 20.6 Å². The average molecular weight is 362 g/mol. The number of carbonyl (C=O) groups is 2. The van der Waals surface area contributed by atoms with Gasteiger partial charge in [0, 0.05) is 11.3 Å². The molecule has 6 nitrogen and oxygen atoms in total. The van der Waals surface area contributed by atoms with Crippen molar-refractivity contribution in [3.63, 3.8) is 0 Å². The molecule has 3 aromatic rings. The number of rotatable bonds is 4. The van der Waals surface area contributed by atoms with Gasteiger partial charge in [-0.2, -0.15) is 13.2 Å². The maximum absolute atomic E-state index is 12.7. The van der Waals surface area contributed by atoms with Gasteiger partial charge >= 0.3 is 6.18 Å². The van der Waals surface area contributed by atoms with Gasteiger partial charge in [0.2, 0.25) is 11.7 Å². The smallest absolute Gasteiger partial charge is 0.343 e. The molecule has 2 aromatic carbocycles. The number of imidazole rings is 1. The van der Waals surface area contributed by atoms with Gasteiger partial charge in [0.15, 0.2) is 0 Å². The van der Waals surface area contributed by atoms with E-state index in [9.17, 15) is 22.8 Å². The number of halogens is 3. The number of fused-ring (bicyclic) bond motifs is 1. The van der Waals surface area contributed by atoms with Crippen LogP contribution in [0.15, 0.2) is 48.5 Å². The third-order valence-electron chi connectivity index (χ3n) is 3.48. The molecule has 0 aliphatic rings. The summed E-state index contributed by atoms with van der Waals surface area (Å²) in [4.78, 5) is 29.5. The van der Waals surface area contributed by atoms with Crippen molar-refractivity contribution >= 4 is 28.5 Å². The first-order valence-corrected chi connectivity index (χ1v) is 7.53. The number of para-hydroxylation sites is 1. The number of anilines is 1. The number of H-pyrrole nitrogens is 1. The van der Waals surface area contributed by atoms with Crippen LogP contribution in [0.3, 0.4) is 0 Å². The van der Waals surface area contributed by atoms with Crippen LogP contribution in [-0.4, -0.2) is 28.3 Å². The van der Waals surface area contributed by atoms with Crippen LogP contribution in [0.5, 0.6) is 0 Å². The van der Waals surface area contributed by atoms with Gasteiger partial charge in [0.1, 0.15) is 0 Å².